The van der Waals surface area contributed by atoms with E-state index in [1.807, 2.05) is 25.5 Å². The van der Waals surface area contributed by atoms with Gasteiger partial charge in [0.15, 0.2) is 5.96 Å². The van der Waals surface area contributed by atoms with E-state index < -0.39 is 0 Å². The van der Waals surface area contributed by atoms with E-state index in [1.54, 1.807) is 0 Å². The fraction of sp³-hybridized carbons (Fsp3) is 0.524. The summed E-state index contributed by atoms with van der Waals surface area (Å²) < 4.78 is 2.18. The van der Waals surface area contributed by atoms with Gasteiger partial charge >= 0.3 is 0 Å². The number of imidazole rings is 1. The predicted octanol–water partition coefficient (Wildman–Crippen LogP) is 4.18. The minimum atomic E-state index is 0. The molecule has 0 unspecified atom stereocenters. The maximum absolute atomic E-state index is 4.50. The summed E-state index contributed by atoms with van der Waals surface area (Å²) in [5.41, 5.74) is 1.73. The lowest BCUT2D eigenvalue weighted by atomic mass is 9.83. The molecule has 3 rings (SSSR count). The van der Waals surface area contributed by atoms with Crippen LogP contribution in [0.25, 0.3) is 0 Å². The number of aliphatic imine (C=N–C) groups is 1. The molecular weight excluding hydrogens is 449 g/mol. The van der Waals surface area contributed by atoms with Crippen molar-refractivity contribution < 1.29 is 0 Å². The summed E-state index contributed by atoms with van der Waals surface area (Å²) in [4.78, 5) is 8.89. The zero-order valence-electron chi connectivity index (χ0n) is 16.4. The second-order valence-corrected chi connectivity index (χ2v) is 7.30. The van der Waals surface area contributed by atoms with Crippen LogP contribution in [-0.2, 0) is 13.1 Å². The first-order valence-electron chi connectivity index (χ1n) is 9.73. The van der Waals surface area contributed by atoms with Gasteiger partial charge in [-0.25, -0.2) is 4.98 Å². The van der Waals surface area contributed by atoms with Crippen molar-refractivity contribution >= 4 is 29.9 Å². The van der Waals surface area contributed by atoms with Crippen LogP contribution in [0, 0.1) is 5.41 Å². The molecule has 2 aromatic rings. The molecule has 0 bridgehead atoms. The Balaban J connectivity index is 0.00000261. The first kappa shape index (κ1) is 21.7. The maximum atomic E-state index is 4.50. The monoisotopic (exact) mass is 481 g/mol. The van der Waals surface area contributed by atoms with Crippen LogP contribution in [0.15, 0.2) is 47.7 Å². The maximum Gasteiger partial charge on any atom is 0.191 e. The van der Waals surface area contributed by atoms with Crippen molar-refractivity contribution in [3.8, 4) is 0 Å². The van der Waals surface area contributed by atoms with Gasteiger partial charge in [0, 0.05) is 32.5 Å². The minimum Gasteiger partial charge on any atom is -0.356 e. The molecule has 0 spiro atoms. The standard InChI is InChI=1S/C21H31N5.HI/c1-3-21(11-7-8-12-21)17-25-20(22-2)24-15-19-23-13-14-26(19)16-18-9-5-4-6-10-18;/h4-6,9-10,13-14H,3,7-8,11-12,15-17H2,1-2H3,(H2,22,24,25);1H. The largest absolute Gasteiger partial charge is 0.356 e. The van der Waals surface area contributed by atoms with Crippen LogP contribution in [-0.4, -0.2) is 29.1 Å². The average Bonchev–Trinajstić information content (AvgIpc) is 3.33. The predicted molar refractivity (Wildman–Crippen MR) is 123 cm³/mol. The summed E-state index contributed by atoms with van der Waals surface area (Å²) in [7, 11) is 1.83. The highest BCUT2D eigenvalue weighted by atomic mass is 127. The van der Waals surface area contributed by atoms with E-state index in [9.17, 15) is 0 Å². The Morgan fingerprint density at radius 2 is 1.93 bits per heavy atom. The van der Waals surface area contributed by atoms with Gasteiger partial charge in [-0.2, -0.15) is 0 Å². The van der Waals surface area contributed by atoms with Gasteiger partial charge in [0.25, 0.3) is 0 Å². The molecule has 1 saturated carbocycles. The summed E-state index contributed by atoms with van der Waals surface area (Å²) in [6, 6.07) is 10.5. The number of guanidine groups is 1. The molecule has 5 nitrogen and oxygen atoms in total. The molecule has 27 heavy (non-hydrogen) atoms. The number of hydrogen-bond donors (Lipinski definition) is 2. The lowest BCUT2D eigenvalue weighted by Crippen LogP contribution is -2.42. The van der Waals surface area contributed by atoms with Crippen molar-refractivity contribution in [2.75, 3.05) is 13.6 Å². The third-order valence-electron chi connectivity index (χ3n) is 5.68. The molecule has 0 amide bonds. The highest BCUT2D eigenvalue weighted by Crippen LogP contribution is 2.40. The van der Waals surface area contributed by atoms with Crippen LogP contribution in [0.4, 0.5) is 0 Å². The van der Waals surface area contributed by atoms with Crippen LogP contribution >= 0.6 is 24.0 Å². The van der Waals surface area contributed by atoms with Crippen LogP contribution in [0.3, 0.4) is 0 Å². The molecule has 1 aromatic heterocycles. The van der Waals surface area contributed by atoms with Gasteiger partial charge in [0.1, 0.15) is 5.82 Å². The first-order chi connectivity index (χ1) is 12.7. The van der Waals surface area contributed by atoms with E-state index in [0.717, 1.165) is 24.9 Å². The number of nitrogens with zero attached hydrogens (tertiary/aromatic N) is 3. The number of halogens is 1. The molecule has 1 heterocycles. The van der Waals surface area contributed by atoms with E-state index in [4.69, 9.17) is 0 Å². The summed E-state index contributed by atoms with van der Waals surface area (Å²) >= 11 is 0. The molecule has 148 valence electrons. The van der Waals surface area contributed by atoms with Crippen LogP contribution in [0.1, 0.15) is 50.4 Å². The fourth-order valence-electron chi connectivity index (χ4n) is 3.87. The lowest BCUT2D eigenvalue weighted by Gasteiger charge is -2.28. The fourth-order valence-corrected chi connectivity index (χ4v) is 3.87. The molecular formula is C21H32IN5. The Bertz CT molecular complexity index is 704. The van der Waals surface area contributed by atoms with Crippen molar-refractivity contribution in [2.45, 2.75) is 52.1 Å². The number of hydrogen-bond acceptors (Lipinski definition) is 2. The molecule has 0 radical (unpaired) electrons. The SMILES string of the molecule is CCC1(CNC(=NC)NCc2nccn2Cc2ccccc2)CCCC1.I. The van der Waals surface area contributed by atoms with Gasteiger partial charge in [-0.05, 0) is 30.2 Å². The number of benzene rings is 1. The molecule has 0 aliphatic heterocycles. The van der Waals surface area contributed by atoms with Crippen LogP contribution < -0.4 is 10.6 Å². The summed E-state index contributed by atoms with van der Waals surface area (Å²) in [6.07, 6.45) is 10.5. The first-order valence-corrected chi connectivity index (χ1v) is 9.73. The van der Waals surface area contributed by atoms with Crippen molar-refractivity contribution in [1.29, 1.82) is 0 Å². The third kappa shape index (κ3) is 5.96. The minimum absolute atomic E-state index is 0. The second kappa shape index (κ2) is 10.7. The van der Waals surface area contributed by atoms with Gasteiger partial charge in [-0.15, -0.1) is 24.0 Å². The normalized spacial score (nSPS) is 16.0. The van der Waals surface area contributed by atoms with E-state index >= 15 is 0 Å². The number of aromatic nitrogens is 2. The van der Waals surface area contributed by atoms with E-state index in [0.29, 0.717) is 12.0 Å². The molecule has 1 aromatic carbocycles. The summed E-state index contributed by atoms with van der Waals surface area (Å²) in [5.74, 6) is 1.88. The van der Waals surface area contributed by atoms with Crippen molar-refractivity contribution in [2.24, 2.45) is 10.4 Å². The Morgan fingerprint density at radius 1 is 1.19 bits per heavy atom. The van der Waals surface area contributed by atoms with Gasteiger partial charge in [-0.1, -0.05) is 50.1 Å². The van der Waals surface area contributed by atoms with Crippen molar-refractivity contribution in [3.63, 3.8) is 0 Å². The smallest absolute Gasteiger partial charge is 0.191 e. The second-order valence-electron chi connectivity index (χ2n) is 7.30. The van der Waals surface area contributed by atoms with Gasteiger partial charge in [-0.3, -0.25) is 4.99 Å². The zero-order chi connectivity index (χ0) is 18.2. The Morgan fingerprint density at radius 3 is 2.59 bits per heavy atom. The van der Waals surface area contributed by atoms with E-state index in [1.165, 1.54) is 37.7 Å². The molecule has 1 aliphatic rings. The van der Waals surface area contributed by atoms with Crippen molar-refractivity contribution in [1.82, 2.24) is 20.2 Å². The molecule has 2 N–H and O–H groups in total. The zero-order valence-corrected chi connectivity index (χ0v) is 18.8. The van der Waals surface area contributed by atoms with Gasteiger partial charge in [0.2, 0.25) is 0 Å². The molecule has 0 saturated heterocycles. The lowest BCUT2D eigenvalue weighted by molar-refractivity contribution is 0.283. The molecule has 1 aliphatic carbocycles. The van der Waals surface area contributed by atoms with Crippen LogP contribution in [0.2, 0.25) is 0 Å². The molecule has 1 fully saturated rings. The molecule has 6 heteroatoms. The Labute approximate surface area is 180 Å². The third-order valence-corrected chi connectivity index (χ3v) is 5.68. The van der Waals surface area contributed by atoms with Gasteiger partial charge < -0.3 is 15.2 Å². The van der Waals surface area contributed by atoms with E-state index in [-0.39, 0.29) is 24.0 Å². The highest BCUT2D eigenvalue weighted by molar-refractivity contribution is 14.0. The quantitative estimate of drug-likeness (QED) is 0.355. The Hall–Kier alpha value is -1.57. The highest BCUT2D eigenvalue weighted by Gasteiger charge is 2.31. The molecule has 0 atom stereocenters. The summed E-state index contributed by atoms with van der Waals surface area (Å²) in [5, 5.41) is 6.96. The van der Waals surface area contributed by atoms with E-state index in [2.05, 4.69) is 56.4 Å². The number of nitrogens with one attached hydrogen (secondary N) is 2. The summed E-state index contributed by atoms with van der Waals surface area (Å²) in [6.45, 7) is 4.81. The van der Waals surface area contributed by atoms with Crippen LogP contribution in [0.5, 0.6) is 0 Å². The topological polar surface area (TPSA) is 54.2 Å². The van der Waals surface area contributed by atoms with Gasteiger partial charge in [0.05, 0.1) is 6.54 Å². The number of rotatable bonds is 7. The Kier molecular flexibility index (Phi) is 8.60. The van der Waals surface area contributed by atoms with Crippen molar-refractivity contribution in [3.05, 3.63) is 54.1 Å². The average molecular weight is 481 g/mol.